The molecule has 1 saturated heterocycles. The van der Waals surface area contributed by atoms with E-state index in [4.69, 9.17) is 4.98 Å². The van der Waals surface area contributed by atoms with Gasteiger partial charge in [-0.1, -0.05) is 24.3 Å². The Kier molecular flexibility index (Phi) is 4.86. The molecule has 7 heteroatoms. The van der Waals surface area contributed by atoms with Crippen molar-refractivity contribution in [2.45, 2.75) is 32.9 Å². The van der Waals surface area contributed by atoms with Crippen molar-refractivity contribution in [3.8, 4) is 0 Å². The number of rotatable bonds is 5. The number of hydrogen-bond donors (Lipinski definition) is 2. The zero-order valence-electron chi connectivity index (χ0n) is 17.1. The van der Waals surface area contributed by atoms with E-state index in [1.165, 1.54) is 0 Å². The molecule has 0 radical (unpaired) electrons. The van der Waals surface area contributed by atoms with Crippen molar-refractivity contribution < 1.29 is 4.79 Å². The van der Waals surface area contributed by atoms with Crippen LogP contribution in [0, 0.1) is 5.92 Å². The first-order valence-corrected chi connectivity index (χ1v) is 10.6. The van der Waals surface area contributed by atoms with Crippen LogP contribution in [-0.4, -0.2) is 38.5 Å². The maximum atomic E-state index is 12.9. The van der Waals surface area contributed by atoms with Gasteiger partial charge in [-0.25, -0.2) is 9.97 Å². The Morgan fingerprint density at radius 1 is 1.13 bits per heavy atom. The van der Waals surface area contributed by atoms with Gasteiger partial charge < -0.3 is 19.8 Å². The van der Waals surface area contributed by atoms with Crippen molar-refractivity contribution in [2.24, 2.45) is 5.92 Å². The molecule has 2 aromatic heterocycles. The minimum atomic E-state index is -0.0479. The molecule has 3 heterocycles. The maximum Gasteiger partial charge on any atom is 0.225 e. The normalized spacial score (nSPS) is 17.0. The molecule has 1 atom stereocenters. The number of fused-ring (bicyclic) bond motifs is 2. The average molecular weight is 403 g/mol. The summed E-state index contributed by atoms with van der Waals surface area (Å²) in [7, 11) is 0. The fourth-order valence-electron chi connectivity index (χ4n) is 4.39. The van der Waals surface area contributed by atoms with E-state index in [9.17, 15) is 4.79 Å². The summed E-state index contributed by atoms with van der Waals surface area (Å²) in [5, 5.41) is 3.07. The molecule has 0 bridgehead atoms. The smallest absolute Gasteiger partial charge is 0.225 e. The van der Waals surface area contributed by atoms with E-state index in [2.05, 4.69) is 37.7 Å². The summed E-state index contributed by atoms with van der Waals surface area (Å²) in [6, 6.07) is 16.1. The highest BCUT2D eigenvalue weighted by molar-refractivity contribution is 5.81. The number of benzene rings is 2. The first kappa shape index (κ1) is 18.7. The third kappa shape index (κ3) is 3.40. The van der Waals surface area contributed by atoms with Gasteiger partial charge in [0.1, 0.15) is 5.82 Å². The van der Waals surface area contributed by atoms with Gasteiger partial charge in [0, 0.05) is 19.6 Å². The van der Waals surface area contributed by atoms with Crippen LogP contribution in [0.4, 0.5) is 5.95 Å². The zero-order valence-corrected chi connectivity index (χ0v) is 17.1. The molecule has 1 amide bonds. The van der Waals surface area contributed by atoms with Crippen molar-refractivity contribution in [3.63, 3.8) is 0 Å². The van der Waals surface area contributed by atoms with E-state index in [0.717, 1.165) is 59.8 Å². The van der Waals surface area contributed by atoms with Crippen LogP contribution in [0.5, 0.6) is 0 Å². The highest BCUT2D eigenvalue weighted by atomic mass is 16.1. The number of imidazole rings is 2. The molecule has 2 aromatic carbocycles. The lowest BCUT2D eigenvalue weighted by Gasteiger charge is -2.33. The molecule has 4 aromatic rings. The Bertz CT molecular complexity index is 1160. The van der Waals surface area contributed by atoms with Gasteiger partial charge in [0.2, 0.25) is 11.9 Å². The van der Waals surface area contributed by atoms with Gasteiger partial charge in [0.25, 0.3) is 0 Å². The molecular formula is C23H26N6O. The zero-order chi connectivity index (χ0) is 20.5. The van der Waals surface area contributed by atoms with Crippen molar-refractivity contribution >= 4 is 33.9 Å². The minimum absolute atomic E-state index is 0.0479. The summed E-state index contributed by atoms with van der Waals surface area (Å²) < 4.78 is 2.24. The number of nitrogens with one attached hydrogen (secondary N) is 2. The van der Waals surface area contributed by atoms with Crippen molar-refractivity contribution in [1.82, 2.24) is 24.8 Å². The largest absolute Gasteiger partial charge is 0.349 e. The second-order valence-corrected chi connectivity index (χ2v) is 7.85. The SMILES string of the molecule is CCn1c(N2CCC[C@@H](C(=O)NCc3nc4ccccc4[nH]3)C2)nc2ccccc21. The molecule has 154 valence electrons. The van der Waals surface area contributed by atoms with Crippen molar-refractivity contribution in [2.75, 3.05) is 18.0 Å². The van der Waals surface area contributed by atoms with Crippen LogP contribution < -0.4 is 10.2 Å². The first-order chi connectivity index (χ1) is 14.7. The van der Waals surface area contributed by atoms with Crippen molar-refractivity contribution in [3.05, 3.63) is 54.4 Å². The number of aromatic nitrogens is 4. The molecule has 0 spiro atoms. The number of H-pyrrole nitrogens is 1. The Morgan fingerprint density at radius 3 is 2.77 bits per heavy atom. The summed E-state index contributed by atoms with van der Waals surface area (Å²) >= 11 is 0. The number of piperidine rings is 1. The number of carbonyl (C=O) groups is 1. The molecule has 0 saturated carbocycles. The molecule has 30 heavy (non-hydrogen) atoms. The average Bonchev–Trinajstić information content (AvgIpc) is 3.38. The van der Waals surface area contributed by atoms with Crippen molar-refractivity contribution in [1.29, 1.82) is 0 Å². The lowest BCUT2D eigenvalue weighted by Crippen LogP contribution is -2.43. The lowest BCUT2D eigenvalue weighted by atomic mass is 9.97. The summed E-state index contributed by atoms with van der Waals surface area (Å²) in [5.41, 5.74) is 4.06. The second-order valence-electron chi connectivity index (χ2n) is 7.85. The third-order valence-electron chi connectivity index (χ3n) is 5.89. The topological polar surface area (TPSA) is 78.8 Å². The van der Waals surface area contributed by atoms with Crippen LogP contribution in [-0.2, 0) is 17.9 Å². The van der Waals surface area contributed by atoms with Gasteiger partial charge in [-0.2, -0.15) is 0 Å². The van der Waals surface area contributed by atoms with Crippen LogP contribution >= 0.6 is 0 Å². The monoisotopic (exact) mass is 402 g/mol. The number of amides is 1. The van der Waals surface area contributed by atoms with E-state index >= 15 is 0 Å². The van der Waals surface area contributed by atoms with E-state index in [-0.39, 0.29) is 11.8 Å². The molecule has 1 aliphatic rings. The van der Waals surface area contributed by atoms with Crippen LogP contribution in [0.3, 0.4) is 0 Å². The molecule has 0 unspecified atom stereocenters. The summed E-state index contributed by atoms with van der Waals surface area (Å²) in [6.45, 7) is 5.03. The summed E-state index contributed by atoms with van der Waals surface area (Å²) in [5.74, 6) is 1.78. The predicted molar refractivity (Wildman–Crippen MR) is 118 cm³/mol. The van der Waals surface area contributed by atoms with E-state index < -0.39 is 0 Å². The fraction of sp³-hybridized carbons (Fsp3) is 0.348. The number of anilines is 1. The van der Waals surface area contributed by atoms with Crippen LogP contribution in [0.25, 0.3) is 22.1 Å². The fourth-order valence-corrected chi connectivity index (χ4v) is 4.39. The molecule has 0 aliphatic carbocycles. The van der Waals surface area contributed by atoms with Crippen LogP contribution in [0.2, 0.25) is 0 Å². The van der Waals surface area contributed by atoms with E-state index in [0.29, 0.717) is 13.1 Å². The highest BCUT2D eigenvalue weighted by Gasteiger charge is 2.28. The third-order valence-corrected chi connectivity index (χ3v) is 5.89. The maximum absolute atomic E-state index is 12.9. The standard InChI is InChI=1S/C23H26N6O/c1-2-29-20-12-6-5-11-19(20)27-23(29)28-13-7-8-16(15-28)22(30)24-14-21-25-17-9-3-4-10-18(17)26-21/h3-6,9-12,16H,2,7-8,13-15H2,1H3,(H,24,30)(H,25,26)/t16-/m1/s1. The van der Waals surface area contributed by atoms with Crippen LogP contribution in [0.1, 0.15) is 25.6 Å². The first-order valence-electron chi connectivity index (χ1n) is 10.6. The van der Waals surface area contributed by atoms with E-state index in [1.807, 2.05) is 42.5 Å². The van der Waals surface area contributed by atoms with Gasteiger partial charge in [-0.15, -0.1) is 0 Å². The Balaban J connectivity index is 1.28. The number of para-hydroxylation sites is 4. The number of carbonyl (C=O) groups excluding carboxylic acids is 1. The van der Waals surface area contributed by atoms with E-state index in [1.54, 1.807) is 0 Å². The van der Waals surface area contributed by atoms with Gasteiger partial charge in [0.15, 0.2) is 0 Å². The Hall–Kier alpha value is -3.35. The Labute approximate surface area is 175 Å². The van der Waals surface area contributed by atoms with Crippen LogP contribution in [0.15, 0.2) is 48.5 Å². The van der Waals surface area contributed by atoms with Gasteiger partial charge in [-0.3, -0.25) is 4.79 Å². The predicted octanol–water partition coefficient (Wildman–Crippen LogP) is 3.47. The number of aromatic amines is 1. The van der Waals surface area contributed by atoms with Gasteiger partial charge in [0.05, 0.1) is 34.5 Å². The quantitative estimate of drug-likeness (QED) is 0.536. The molecule has 1 fully saturated rings. The summed E-state index contributed by atoms with van der Waals surface area (Å²) in [4.78, 5) is 27.8. The molecule has 7 nitrogen and oxygen atoms in total. The number of hydrogen-bond acceptors (Lipinski definition) is 4. The Morgan fingerprint density at radius 2 is 1.93 bits per heavy atom. The van der Waals surface area contributed by atoms with Gasteiger partial charge in [-0.05, 0) is 44.0 Å². The molecule has 1 aliphatic heterocycles. The highest BCUT2D eigenvalue weighted by Crippen LogP contribution is 2.27. The second kappa shape index (κ2) is 7.82. The lowest BCUT2D eigenvalue weighted by molar-refractivity contribution is -0.125. The number of aryl methyl sites for hydroxylation is 1. The number of nitrogens with zero attached hydrogens (tertiary/aromatic N) is 4. The molecule has 2 N–H and O–H groups in total. The summed E-state index contributed by atoms with van der Waals surface area (Å²) in [6.07, 6.45) is 1.88. The minimum Gasteiger partial charge on any atom is -0.349 e. The molecular weight excluding hydrogens is 376 g/mol. The van der Waals surface area contributed by atoms with Gasteiger partial charge >= 0.3 is 0 Å². The molecule has 5 rings (SSSR count).